The Morgan fingerprint density at radius 2 is 0.533 bits per heavy atom. The van der Waals surface area contributed by atoms with E-state index in [1.165, 1.54) is 12.9 Å². The van der Waals surface area contributed by atoms with Gasteiger partial charge in [0.25, 0.3) is 0 Å². The molecule has 3 aromatic carbocycles. The molecule has 9 nitrogen and oxygen atoms in total. The van der Waals surface area contributed by atoms with Gasteiger partial charge in [-0.2, -0.15) is 12.9 Å². The first kappa shape index (κ1) is 34.5. The molecule has 0 saturated carbocycles. The first-order valence-electron chi connectivity index (χ1n) is 14.5. The summed E-state index contributed by atoms with van der Waals surface area (Å²) in [4.78, 5) is 0.387. The van der Waals surface area contributed by atoms with Crippen molar-refractivity contribution in [1.82, 2.24) is 12.9 Å². The molecule has 3 aromatic rings. The van der Waals surface area contributed by atoms with E-state index in [0.717, 1.165) is 16.7 Å². The molecule has 0 bridgehead atoms. The van der Waals surface area contributed by atoms with Crippen LogP contribution in [0.1, 0.15) is 16.7 Å². The summed E-state index contributed by atoms with van der Waals surface area (Å²) < 4.78 is 85.4. The maximum absolute atomic E-state index is 13.6. The van der Waals surface area contributed by atoms with E-state index in [2.05, 4.69) is 0 Å². The second-order valence-electron chi connectivity index (χ2n) is 10.8. The first-order chi connectivity index (χ1) is 21.3. The lowest BCUT2D eigenvalue weighted by Gasteiger charge is -2.21. The topological polar surface area (TPSA) is 112 Å². The largest absolute Gasteiger partial charge is 0.243 e. The van der Waals surface area contributed by atoms with Crippen LogP contribution in [0.25, 0.3) is 0 Å². The van der Waals surface area contributed by atoms with Crippen LogP contribution in [-0.4, -0.2) is 77.4 Å². The summed E-state index contributed by atoms with van der Waals surface area (Å²) in [5.74, 6) is 0. The second kappa shape index (κ2) is 14.8. The second-order valence-corrected chi connectivity index (χ2v) is 16.6. The van der Waals surface area contributed by atoms with E-state index in [1.807, 2.05) is 20.8 Å². The summed E-state index contributed by atoms with van der Waals surface area (Å²) in [6.45, 7) is 5.52. The maximum atomic E-state index is 13.6. The van der Waals surface area contributed by atoms with E-state index in [9.17, 15) is 25.3 Å². The van der Waals surface area contributed by atoms with Gasteiger partial charge in [0.15, 0.2) is 0 Å². The molecule has 0 radical (unpaired) electrons. The van der Waals surface area contributed by atoms with Gasteiger partial charge in [-0.15, -0.1) is 0 Å². The fourth-order valence-electron chi connectivity index (χ4n) is 4.54. The molecule has 0 N–H and O–H groups in total. The van der Waals surface area contributed by atoms with E-state index in [1.54, 1.807) is 109 Å². The highest BCUT2D eigenvalue weighted by atomic mass is 32.2. The summed E-state index contributed by atoms with van der Waals surface area (Å²) in [7, 11) is -11.7. The van der Waals surface area contributed by atoms with Crippen molar-refractivity contribution < 1.29 is 25.3 Å². The van der Waals surface area contributed by atoms with E-state index < -0.39 is 30.1 Å². The molecule has 1 heterocycles. The molecule has 0 fully saturated rings. The van der Waals surface area contributed by atoms with E-state index in [0.29, 0.717) is 0 Å². The summed E-state index contributed by atoms with van der Waals surface area (Å²) in [6.07, 6.45) is 9.80. The fraction of sp³-hybridized carbons (Fsp3) is 0.273. The molecule has 0 aliphatic carbocycles. The number of nitrogens with zero attached hydrogens (tertiary/aromatic N) is 3. The van der Waals surface area contributed by atoms with Gasteiger partial charge in [0.05, 0.1) is 14.7 Å². The van der Waals surface area contributed by atoms with Gasteiger partial charge in [-0.1, -0.05) is 89.5 Å². The molecule has 1 aliphatic rings. The lowest BCUT2D eigenvalue weighted by atomic mass is 10.2. The predicted molar refractivity (Wildman–Crippen MR) is 177 cm³/mol. The van der Waals surface area contributed by atoms with Gasteiger partial charge in [0, 0.05) is 39.3 Å². The number of rotatable bonds is 6. The van der Waals surface area contributed by atoms with Crippen molar-refractivity contribution in [2.45, 2.75) is 35.5 Å². The molecule has 0 amide bonds. The Labute approximate surface area is 268 Å². The monoisotopic (exact) mass is 669 g/mol. The van der Waals surface area contributed by atoms with Crippen LogP contribution >= 0.6 is 0 Å². The summed E-state index contributed by atoms with van der Waals surface area (Å²) in [5, 5.41) is 0. The SMILES string of the molecule is Cc1ccc(S(=O)(=O)N2C/C=C\CN(S(=O)(=O)c3ccc(C)cc3)C/C=C/CN(S(=O)(=O)c3ccc(C)cc3)C/C=C/C2)cc1. The van der Waals surface area contributed by atoms with Crippen LogP contribution in [-0.2, 0) is 30.1 Å². The molecular weight excluding hydrogens is 631 g/mol. The minimum Gasteiger partial charge on any atom is -0.207 e. The molecule has 0 atom stereocenters. The Kier molecular flexibility index (Phi) is 11.3. The lowest BCUT2D eigenvalue weighted by Crippen LogP contribution is -2.33. The van der Waals surface area contributed by atoms with E-state index >= 15 is 0 Å². The molecule has 4 rings (SSSR count). The van der Waals surface area contributed by atoms with Crippen LogP contribution in [0.2, 0.25) is 0 Å². The highest BCUT2D eigenvalue weighted by molar-refractivity contribution is 7.89. The first-order valence-corrected chi connectivity index (χ1v) is 18.8. The van der Waals surface area contributed by atoms with Gasteiger partial charge < -0.3 is 0 Å². The molecular formula is C33H39N3O6S3. The Bertz CT molecular complexity index is 1620. The zero-order valence-electron chi connectivity index (χ0n) is 25.7. The molecule has 12 heteroatoms. The normalized spacial score (nSPS) is 19.3. The van der Waals surface area contributed by atoms with Crippen molar-refractivity contribution in [2.75, 3.05) is 39.3 Å². The Morgan fingerprint density at radius 1 is 0.356 bits per heavy atom. The van der Waals surface area contributed by atoms with Crippen LogP contribution in [0.3, 0.4) is 0 Å². The van der Waals surface area contributed by atoms with Crippen LogP contribution in [0.5, 0.6) is 0 Å². The van der Waals surface area contributed by atoms with Crippen molar-refractivity contribution >= 4 is 30.1 Å². The van der Waals surface area contributed by atoms with Crippen LogP contribution in [0.15, 0.2) is 124 Å². The van der Waals surface area contributed by atoms with Gasteiger partial charge in [0.1, 0.15) is 0 Å². The van der Waals surface area contributed by atoms with E-state index in [-0.39, 0.29) is 54.0 Å². The third kappa shape index (κ3) is 8.66. The Hall–Kier alpha value is -3.39. The zero-order chi connectivity index (χ0) is 32.7. The number of hydrogen-bond donors (Lipinski definition) is 0. The Balaban J connectivity index is 1.70. The summed E-state index contributed by atoms with van der Waals surface area (Å²) in [6, 6.07) is 19.6. The van der Waals surface area contributed by atoms with Crippen LogP contribution in [0.4, 0.5) is 0 Å². The predicted octanol–water partition coefficient (Wildman–Crippen LogP) is 4.67. The number of benzene rings is 3. The maximum Gasteiger partial charge on any atom is 0.243 e. The Morgan fingerprint density at radius 3 is 0.711 bits per heavy atom. The molecule has 240 valence electrons. The third-order valence-corrected chi connectivity index (χ3v) is 12.9. The van der Waals surface area contributed by atoms with Crippen molar-refractivity contribution in [3.63, 3.8) is 0 Å². The minimum atomic E-state index is -3.91. The highest BCUT2D eigenvalue weighted by Gasteiger charge is 2.26. The lowest BCUT2D eigenvalue weighted by molar-refractivity contribution is 0.465. The standard InChI is InChI=1S/C33H39N3O6S3/c1-28-10-16-31(17-11-28)43(37,38)34-22-4-6-24-35(44(39,40)32-18-12-29(2)13-19-32)26-8-9-27-36(25-7-5-23-34)45(41,42)33-20-14-30(3)15-21-33/h4-21H,22-27H2,1-3H3/b6-4-,7-5+,9-8+. The summed E-state index contributed by atoms with van der Waals surface area (Å²) >= 11 is 0. The summed E-state index contributed by atoms with van der Waals surface area (Å²) in [5.41, 5.74) is 2.76. The van der Waals surface area contributed by atoms with Crippen molar-refractivity contribution in [3.8, 4) is 0 Å². The van der Waals surface area contributed by atoms with Crippen LogP contribution < -0.4 is 0 Å². The average molecular weight is 670 g/mol. The molecule has 1 aliphatic heterocycles. The number of aryl methyl sites for hydroxylation is 3. The minimum absolute atomic E-state index is 0.0137. The third-order valence-electron chi connectivity index (χ3n) is 7.33. The van der Waals surface area contributed by atoms with Gasteiger partial charge >= 0.3 is 0 Å². The number of sulfonamides is 3. The van der Waals surface area contributed by atoms with Gasteiger partial charge in [-0.05, 0) is 57.2 Å². The highest BCUT2D eigenvalue weighted by Crippen LogP contribution is 2.20. The van der Waals surface area contributed by atoms with E-state index in [4.69, 9.17) is 0 Å². The van der Waals surface area contributed by atoms with Crippen molar-refractivity contribution in [2.24, 2.45) is 0 Å². The molecule has 0 saturated heterocycles. The smallest absolute Gasteiger partial charge is 0.207 e. The number of hydrogen-bond acceptors (Lipinski definition) is 6. The van der Waals surface area contributed by atoms with Crippen LogP contribution in [0, 0.1) is 20.8 Å². The quantitative estimate of drug-likeness (QED) is 0.353. The molecule has 0 spiro atoms. The zero-order valence-corrected chi connectivity index (χ0v) is 28.1. The molecule has 45 heavy (non-hydrogen) atoms. The van der Waals surface area contributed by atoms with Gasteiger partial charge in [-0.3, -0.25) is 0 Å². The molecule has 0 aromatic heterocycles. The molecule has 0 unspecified atom stereocenters. The fourth-order valence-corrected chi connectivity index (χ4v) is 8.57. The van der Waals surface area contributed by atoms with Crippen molar-refractivity contribution in [3.05, 3.63) is 126 Å². The van der Waals surface area contributed by atoms with Gasteiger partial charge in [0.2, 0.25) is 30.1 Å². The average Bonchev–Trinajstić information content (AvgIpc) is 3.01. The van der Waals surface area contributed by atoms with Crippen molar-refractivity contribution in [1.29, 1.82) is 0 Å². The van der Waals surface area contributed by atoms with Gasteiger partial charge in [-0.25, -0.2) is 25.3 Å².